The van der Waals surface area contributed by atoms with E-state index in [2.05, 4.69) is 0 Å². The van der Waals surface area contributed by atoms with E-state index in [0.29, 0.717) is 22.3 Å². The topological polar surface area (TPSA) is 393 Å². The van der Waals surface area contributed by atoms with Crippen LogP contribution in [-0.2, 0) is 28.5 Å². The molecule has 3 aliphatic rings. The first kappa shape index (κ1) is 56.6. The summed E-state index contributed by atoms with van der Waals surface area (Å²) in [6.45, 7) is -1.68. The summed E-state index contributed by atoms with van der Waals surface area (Å²) in [6.07, 6.45) is -18.7. The number of aromatic hydroxyl groups is 6. The lowest BCUT2D eigenvalue weighted by Crippen LogP contribution is -2.61. The van der Waals surface area contributed by atoms with Gasteiger partial charge in [-0.05, 0) is 83.9 Å². The summed E-state index contributed by atoms with van der Waals surface area (Å²) in [5.41, 5.74) is 0.0221. The minimum Gasteiger partial charge on any atom is -0.508 e. The van der Waals surface area contributed by atoms with Crippen molar-refractivity contribution < 1.29 is 108 Å². The number of phenols is 6. The lowest BCUT2D eigenvalue weighted by molar-refractivity contribution is -0.279. The number of aliphatic hydroxyl groups excluding tert-OH is 6. The highest BCUT2D eigenvalue weighted by Gasteiger charge is 2.60. The molecular formula is C60H52O24. The Labute approximate surface area is 472 Å². The van der Waals surface area contributed by atoms with Crippen LogP contribution in [-0.4, -0.2) is 148 Å². The Bertz CT molecular complexity index is 3610. The van der Waals surface area contributed by atoms with Gasteiger partial charge in [-0.3, -0.25) is 19.2 Å². The van der Waals surface area contributed by atoms with Crippen molar-refractivity contribution in [3.8, 4) is 68.6 Å². The van der Waals surface area contributed by atoms with Crippen LogP contribution < -0.4 is 20.3 Å². The van der Waals surface area contributed by atoms with Gasteiger partial charge in [0.05, 0.1) is 11.8 Å². The summed E-state index contributed by atoms with van der Waals surface area (Å²) in [5, 5.41) is 128. The Kier molecular flexibility index (Phi) is 15.4. The second-order valence-electron chi connectivity index (χ2n) is 20.5. The SMILES string of the molecule is O=C(OC[C@H]1O[C@@H](Oc2cc(O)c3c(=O)cc(-c4ccc(O)cc4)oc3c2)[C@H](O)[C@@H](O)[C@@H]1O)[C@@H]1[C@H](C(=O)OC[C@H]2O[C@@H](Oc3cc(O)c4c(=O)cc(-c5ccc(O)cc5)oc4c3)[C@H](O)[C@@H](O)[C@@H]2O)[C@@H](c2ccc(O)cc2)[C@H]1c1ccc(O)cc1. The van der Waals surface area contributed by atoms with Crippen LogP contribution in [0.2, 0.25) is 0 Å². The molecule has 1 saturated carbocycles. The molecule has 436 valence electrons. The van der Waals surface area contributed by atoms with Crippen LogP contribution in [0.3, 0.4) is 0 Å². The molecule has 84 heavy (non-hydrogen) atoms. The summed E-state index contributed by atoms with van der Waals surface area (Å²) < 4.78 is 46.7. The first-order chi connectivity index (χ1) is 40.2. The minimum absolute atomic E-state index is 0.0443. The van der Waals surface area contributed by atoms with Crippen LogP contribution in [0.25, 0.3) is 44.6 Å². The molecule has 24 nitrogen and oxygen atoms in total. The fourth-order valence-corrected chi connectivity index (χ4v) is 10.8. The van der Waals surface area contributed by atoms with E-state index in [4.69, 9.17) is 37.3 Å². The summed E-state index contributed by atoms with van der Waals surface area (Å²) in [5.74, 6) is -8.88. The highest BCUT2D eigenvalue weighted by atomic mass is 16.7. The lowest BCUT2D eigenvalue weighted by Gasteiger charge is -2.50. The number of carbonyl (C=O) groups is 2. The van der Waals surface area contributed by atoms with Crippen LogP contribution in [0.5, 0.6) is 46.0 Å². The summed E-state index contributed by atoms with van der Waals surface area (Å²) in [7, 11) is 0. The van der Waals surface area contributed by atoms with Gasteiger partial charge in [0.15, 0.2) is 10.9 Å². The number of fused-ring (bicyclic) bond motifs is 2. The summed E-state index contributed by atoms with van der Waals surface area (Å²) >= 11 is 0. The molecule has 0 bridgehead atoms. The van der Waals surface area contributed by atoms with Gasteiger partial charge in [-0.25, -0.2) is 0 Å². The van der Waals surface area contributed by atoms with E-state index in [9.17, 15) is 80.5 Å². The Hall–Kier alpha value is -9.24. The van der Waals surface area contributed by atoms with Crippen molar-refractivity contribution in [3.63, 3.8) is 0 Å². The second kappa shape index (κ2) is 22.8. The lowest BCUT2D eigenvalue weighted by atomic mass is 9.52. The molecule has 3 fully saturated rings. The number of hydrogen-bond donors (Lipinski definition) is 12. The molecule has 0 amide bonds. The molecule has 2 aliphatic heterocycles. The third-order valence-corrected chi connectivity index (χ3v) is 15.1. The number of carbonyl (C=O) groups excluding carboxylic acids is 2. The monoisotopic (exact) mass is 1160 g/mol. The normalized spacial score (nSPS) is 26.7. The van der Waals surface area contributed by atoms with Crippen molar-refractivity contribution >= 4 is 33.9 Å². The van der Waals surface area contributed by atoms with Crippen LogP contribution >= 0.6 is 0 Å². The van der Waals surface area contributed by atoms with Gasteiger partial charge in [0, 0.05) is 59.4 Å². The van der Waals surface area contributed by atoms with Crippen molar-refractivity contribution in [2.75, 3.05) is 13.2 Å². The van der Waals surface area contributed by atoms with Gasteiger partial charge >= 0.3 is 11.9 Å². The van der Waals surface area contributed by atoms with Gasteiger partial charge in [-0.1, -0.05) is 24.3 Å². The molecule has 6 aromatic carbocycles. The first-order valence-corrected chi connectivity index (χ1v) is 26.1. The van der Waals surface area contributed by atoms with Crippen LogP contribution in [0, 0.1) is 11.8 Å². The second-order valence-corrected chi connectivity index (χ2v) is 20.5. The van der Waals surface area contributed by atoms with Gasteiger partial charge in [0.1, 0.15) is 142 Å². The average molecular weight is 1160 g/mol. The van der Waals surface area contributed by atoms with E-state index in [0.717, 1.165) is 24.3 Å². The largest absolute Gasteiger partial charge is 0.508 e. The Morgan fingerprint density at radius 1 is 0.417 bits per heavy atom. The molecule has 0 radical (unpaired) electrons. The quantitative estimate of drug-likeness (QED) is 0.0694. The molecule has 14 atom stereocenters. The molecule has 2 aromatic heterocycles. The van der Waals surface area contributed by atoms with E-state index in [1.54, 1.807) is 0 Å². The van der Waals surface area contributed by atoms with Crippen LogP contribution in [0.1, 0.15) is 23.0 Å². The fraction of sp³-hybridized carbons (Fsp3) is 0.267. The molecule has 0 unspecified atom stereocenters. The third kappa shape index (κ3) is 11.0. The van der Waals surface area contributed by atoms with Gasteiger partial charge in [0.25, 0.3) is 0 Å². The smallest absolute Gasteiger partial charge is 0.310 e. The number of benzene rings is 6. The number of phenolic OH excluding ortho intramolecular Hbond substituents is 6. The standard InChI is InChI=1S/C60H52O24/c61-29-9-1-25(2-10-29)39-21-37(67)47-35(65)17-33(19-41(47)81-39)79-59-55(73)53(71)51(69)43(83-59)23-77-57(75)49-45(27-5-13-31(63)14-6-27)46(28-7-15-32(64)16-8-28)50(49)58(76)78-24-44-52(70)54(72)56(74)60(84-44)80-34-18-36(66)48-38(68)22-40(82-42(48)20-34)26-3-11-30(62)12-4-26/h1-22,43-46,49-56,59-66,69-74H,23-24H2/t43-,44-,45-,46+,49+,50-,51-,52-,53+,54+,55-,56-,59-,60-/m1/s1. The number of rotatable bonds is 14. The van der Waals surface area contributed by atoms with Crippen LogP contribution in [0.4, 0.5) is 0 Å². The maximum atomic E-state index is 14.6. The number of esters is 2. The average Bonchev–Trinajstić information content (AvgIpc) is 0.850. The van der Waals surface area contributed by atoms with Gasteiger partial charge in [-0.15, -0.1) is 0 Å². The van der Waals surface area contributed by atoms with Crippen molar-refractivity contribution in [2.45, 2.75) is 73.2 Å². The molecule has 2 saturated heterocycles. The van der Waals surface area contributed by atoms with E-state index in [1.807, 2.05) is 0 Å². The predicted octanol–water partition coefficient (Wildman–Crippen LogP) is 3.44. The molecule has 1 aliphatic carbocycles. The first-order valence-electron chi connectivity index (χ1n) is 26.1. The summed E-state index contributed by atoms with van der Waals surface area (Å²) in [4.78, 5) is 55.5. The molecule has 4 heterocycles. The maximum Gasteiger partial charge on any atom is 0.310 e. The Balaban J connectivity index is 0.827. The van der Waals surface area contributed by atoms with Gasteiger partial charge in [-0.2, -0.15) is 0 Å². The van der Waals surface area contributed by atoms with Crippen molar-refractivity contribution in [1.82, 2.24) is 0 Å². The Morgan fingerprint density at radius 2 is 0.750 bits per heavy atom. The Morgan fingerprint density at radius 3 is 1.10 bits per heavy atom. The number of hydrogen-bond acceptors (Lipinski definition) is 24. The number of ether oxygens (including phenoxy) is 6. The zero-order valence-corrected chi connectivity index (χ0v) is 43.5. The molecule has 24 heteroatoms. The number of aliphatic hydroxyl groups is 6. The van der Waals surface area contributed by atoms with E-state index in [1.165, 1.54) is 109 Å². The van der Waals surface area contributed by atoms with Crippen molar-refractivity contribution in [1.29, 1.82) is 0 Å². The van der Waals surface area contributed by atoms with Crippen molar-refractivity contribution in [3.05, 3.63) is 165 Å². The predicted molar refractivity (Wildman–Crippen MR) is 288 cm³/mol. The van der Waals surface area contributed by atoms with Crippen molar-refractivity contribution in [2.24, 2.45) is 11.8 Å². The molecule has 12 N–H and O–H groups in total. The molecule has 11 rings (SSSR count). The highest BCUT2D eigenvalue weighted by Crippen LogP contribution is 2.59. The molecular weight excluding hydrogens is 1100 g/mol. The highest BCUT2D eigenvalue weighted by molar-refractivity contribution is 5.88. The molecule has 8 aromatic rings. The van der Waals surface area contributed by atoms with Gasteiger partial charge < -0.3 is 98.5 Å². The zero-order chi connectivity index (χ0) is 59.4. The fourth-order valence-electron chi connectivity index (χ4n) is 10.8. The minimum atomic E-state index is -1.99. The maximum absolute atomic E-state index is 14.6. The third-order valence-electron chi connectivity index (χ3n) is 15.1. The zero-order valence-electron chi connectivity index (χ0n) is 43.5. The molecule has 0 spiro atoms. The van der Waals surface area contributed by atoms with Crippen LogP contribution in [0.15, 0.2) is 152 Å². The summed E-state index contributed by atoms with van der Waals surface area (Å²) in [6, 6.07) is 29.5. The van der Waals surface area contributed by atoms with E-state index in [-0.39, 0.29) is 68.0 Å². The van der Waals surface area contributed by atoms with E-state index >= 15 is 0 Å². The van der Waals surface area contributed by atoms with Gasteiger partial charge in [0.2, 0.25) is 12.6 Å². The van der Waals surface area contributed by atoms with E-state index < -0.39 is 133 Å².